The van der Waals surface area contributed by atoms with Gasteiger partial charge in [0, 0.05) is 29.8 Å². The van der Waals surface area contributed by atoms with Crippen LogP contribution in [-0.2, 0) is 4.74 Å². The number of ether oxygens (including phenoxy) is 1. The zero-order valence-corrected chi connectivity index (χ0v) is 14.4. The van der Waals surface area contributed by atoms with E-state index in [4.69, 9.17) is 21.4 Å². The lowest BCUT2D eigenvalue weighted by Crippen LogP contribution is -2.40. The molecule has 130 valence electrons. The van der Waals surface area contributed by atoms with Crippen molar-refractivity contribution in [2.24, 2.45) is 0 Å². The van der Waals surface area contributed by atoms with Crippen LogP contribution >= 0.6 is 11.6 Å². The first-order chi connectivity index (χ1) is 12.3. The lowest BCUT2D eigenvalue weighted by Gasteiger charge is -2.28. The predicted octanol–water partition coefficient (Wildman–Crippen LogP) is 2.66. The van der Waals surface area contributed by atoms with Gasteiger partial charge in [-0.3, -0.25) is 4.98 Å². The number of aromatic nitrogens is 3. The van der Waals surface area contributed by atoms with Gasteiger partial charge in [0.05, 0.1) is 36.7 Å². The zero-order valence-electron chi connectivity index (χ0n) is 13.7. The monoisotopic (exact) mass is 358 g/mol. The Morgan fingerprint density at radius 1 is 1.24 bits per heavy atom. The highest BCUT2D eigenvalue weighted by molar-refractivity contribution is 6.30. The molecule has 7 heteroatoms. The van der Waals surface area contributed by atoms with Crippen molar-refractivity contribution in [1.82, 2.24) is 14.8 Å². The minimum atomic E-state index is -0.104. The molecule has 0 bridgehead atoms. The second-order valence-corrected chi connectivity index (χ2v) is 6.50. The fraction of sp³-hybridized carbons (Fsp3) is 0.333. The lowest BCUT2D eigenvalue weighted by molar-refractivity contribution is 0.114. The van der Waals surface area contributed by atoms with Gasteiger partial charge in [-0.15, -0.1) is 5.10 Å². The number of nitrogens with zero attached hydrogens (tertiary/aromatic N) is 4. The first kappa shape index (κ1) is 16.3. The first-order valence-corrected chi connectivity index (χ1v) is 8.69. The van der Waals surface area contributed by atoms with E-state index in [-0.39, 0.29) is 12.6 Å². The summed E-state index contributed by atoms with van der Waals surface area (Å²) in [4.78, 5) is 6.39. The Morgan fingerprint density at radius 3 is 2.88 bits per heavy atom. The summed E-state index contributed by atoms with van der Waals surface area (Å²) in [6.45, 7) is 2.02. The Kier molecular flexibility index (Phi) is 4.57. The van der Waals surface area contributed by atoms with E-state index in [1.165, 1.54) is 0 Å². The van der Waals surface area contributed by atoms with Gasteiger partial charge in [-0.1, -0.05) is 11.6 Å². The smallest absolute Gasteiger partial charge is 0.159 e. The van der Waals surface area contributed by atoms with Crippen LogP contribution < -0.4 is 4.90 Å². The van der Waals surface area contributed by atoms with Gasteiger partial charge >= 0.3 is 0 Å². The van der Waals surface area contributed by atoms with Crippen LogP contribution in [0.4, 0.5) is 5.82 Å². The number of fused-ring (bicyclic) bond motifs is 1. The molecular weight excluding hydrogens is 340 g/mol. The Labute approximate surface area is 150 Å². The van der Waals surface area contributed by atoms with Crippen LogP contribution in [0.5, 0.6) is 0 Å². The molecule has 1 fully saturated rings. The van der Waals surface area contributed by atoms with E-state index >= 15 is 0 Å². The molecule has 6 nitrogen and oxygen atoms in total. The van der Waals surface area contributed by atoms with Crippen molar-refractivity contribution in [3.8, 4) is 5.69 Å². The number of pyridine rings is 1. The molecule has 25 heavy (non-hydrogen) atoms. The van der Waals surface area contributed by atoms with Crippen LogP contribution in [0.3, 0.4) is 0 Å². The highest BCUT2D eigenvalue weighted by Gasteiger charge is 2.26. The number of hydrogen-bond donors (Lipinski definition) is 1. The Hall–Kier alpha value is -2.15. The zero-order chi connectivity index (χ0) is 17.2. The summed E-state index contributed by atoms with van der Waals surface area (Å²) in [5.74, 6) is 0.844. The van der Waals surface area contributed by atoms with E-state index in [0.29, 0.717) is 18.2 Å². The number of rotatable bonds is 3. The summed E-state index contributed by atoms with van der Waals surface area (Å²) in [7, 11) is 0. The molecular formula is C18H19ClN4O2. The van der Waals surface area contributed by atoms with Gasteiger partial charge in [-0.2, -0.15) is 0 Å². The molecule has 3 aromatic rings. The van der Waals surface area contributed by atoms with Gasteiger partial charge in [0.25, 0.3) is 0 Å². The van der Waals surface area contributed by atoms with Crippen molar-refractivity contribution in [2.45, 2.75) is 12.5 Å². The molecule has 1 saturated heterocycles. The quantitative estimate of drug-likeness (QED) is 0.779. The SMILES string of the molecule is OC[C@@H]1COCCCN1c1nn(-c2ccc(Cl)cc2)c2cnccc12. The van der Waals surface area contributed by atoms with Crippen molar-refractivity contribution >= 4 is 28.3 Å². The maximum absolute atomic E-state index is 9.79. The van der Waals surface area contributed by atoms with Crippen LogP contribution in [0.15, 0.2) is 42.7 Å². The number of benzene rings is 1. The number of anilines is 1. The number of aliphatic hydroxyl groups is 1. The van der Waals surface area contributed by atoms with Gasteiger partial charge in [-0.05, 0) is 36.8 Å². The molecule has 1 aliphatic heterocycles. The number of hydrogen-bond acceptors (Lipinski definition) is 5. The van der Waals surface area contributed by atoms with Crippen molar-refractivity contribution in [2.75, 3.05) is 31.3 Å². The standard InChI is InChI=1S/C18H19ClN4O2/c19-13-2-4-14(5-3-13)23-17-10-20-7-6-16(17)18(21-23)22-8-1-9-25-12-15(22)11-24/h2-7,10,15,24H,1,8-9,11-12H2/t15-/m1/s1. The molecule has 0 aliphatic carbocycles. The summed E-state index contributed by atoms with van der Waals surface area (Å²) >= 11 is 6.01. The third kappa shape index (κ3) is 3.08. The largest absolute Gasteiger partial charge is 0.394 e. The van der Waals surface area contributed by atoms with Gasteiger partial charge in [0.1, 0.15) is 0 Å². The van der Waals surface area contributed by atoms with Crippen molar-refractivity contribution < 1.29 is 9.84 Å². The second-order valence-electron chi connectivity index (χ2n) is 6.06. The molecule has 4 rings (SSSR count). The summed E-state index contributed by atoms with van der Waals surface area (Å²) in [6, 6.07) is 9.41. The van der Waals surface area contributed by atoms with Gasteiger partial charge in [0.2, 0.25) is 0 Å². The summed E-state index contributed by atoms with van der Waals surface area (Å²) < 4.78 is 7.47. The highest BCUT2D eigenvalue weighted by Crippen LogP contribution is 2.30. The number of halogens is 1. The van der Waals surface area contributed by atoms with E-state index in [9.17, 15) is 5.11 Å². The predicted molar refractivity (Wildman–Crippen MR) is 97.5 cm³/mol. The first-order valence-electron chi connectivity index (χ1n) is 8.32. The fourth-order valence-corrected chi connectivity index (χ4v) is 3.32. The molecule has 0 saturated carbocycles. The molecule has 1 aromatic carbocycles. The maximum atomic E-state index is 9.79. The second kappa shape index (κ2) is 7.00. The van der Waals surface area contributed by atoms with Crippen LogP contribution in [0.1, 0.15) is 6.42 Å². The van der Waals surface area contributed by atoms with Gasteiger partial charge in [-0.25, -0.2) is 4.68 Å². The third-order valence-corrected chi connectivity index (χ3v) is 4.71. The normalized spacial score (nSPS) is 18.5. The molecule has 1 atom stereocenters. The molecule has 3 heterocycles. The van der Waals surface area contributed by atoms with E-state index in [1.54, 1.807) is 6.20 Å². The Balaban J connectivity index is 1.85. The average Bonchev–Trinajstić information content (AvgIpc) is 2.86. The van der Waals surface area contributed by atoms with Crippen LogP contribution in [0.2, 0.25) is 5.02 Å². The lowest BCUT2D eigenvalue weighted by atomic mass is 10.2. The maximum Gasteiger partial charge on any atom is 0.159 e. The van der Waals surface area contributed by atoms with E-state index in [1.807, 2.05) is 41.2 Å². The Morgan fingerprint density at radius 2 is 2.08 bits per heavy atom. The van der Waals surface area contributed by atoms with E-state index in [2.05, 4.69) is 9.88 Å². The average molecular weight is 359 g/mol. The molecule has 1 N–H and O–H groups in total. The minimum absolute atomic E-state index is 0.0282. The van der Waals surface area contributed by atoms with Crippen LogP contribution in [0, 0.1) is 0 Å². The molecule has 2 aromatic heterocycles. The summed E-state index contributed by atoms with van der Waals surface area (Å²) in [5, 5.41) is 16.3. The van der Waals surface area contributed by atoms with Gasteiger partial charge < -0.3 is 14.7 Å². The molecule has 0 amide bonds. The summed E-state index contributed by atoms with van der Waals surface area (Å²) in [6.07, 6.45) is 4.47. The van der Waals surface area contributed by atoms with E-state index in [0.717, 1.165) is 35.4 Å². The number of aliphatic hydroxyl groups excluding tert-OH is 1. The molecule has 0 unspecified atom stereocenters. The van der Waals surface area contributed by atoms with E-state index < -0.39 is 0 Å². The minimum Gasteiger partial charge on any atom is -0.394 e. The Bertz CT molecular complexity index is 865. The summed E-state index contributed by atoms with van der Waals surface area (Å²) in [5.41, 5.74) is 1.84. The van der Waals surface area contributed by atoms with Crippen LogP contribution in [0.25, 0.3) is 16.6 Å². The highest BCUT2D eigenvalue weighted by atomic mass is 35.5. The van der Waals surface area contributed by atoms with Crippen molar-refractivity contribution in [3.63, 3.8) is 0 Å². The molecule has 1 aliphatic rings. The third-order valence-electron chi connectivity index (χ3n) is 4.46. The fourth-order valence-electron chi connectivity index (χ4n) is 3.20. The van der Waals surface area contributed by atoms with Gasteiger partial charge in [0.15, 0.2) is 5.82 Å². The van der Waals surface area contributed by atoms with Crippen LogP contribution in [-0.4, -0.2) is 52.3 Å². The molecule has 0 radical (unpaired) electrons. The van der Waals surface area contributed by atoms with Crippen molar-refractivity contribution in [3.05, 3.63) is 47.7 Å². The molecule has 0 spiro atoms. The van der Waals surface area contributed by atoms with Crippen molar-refractivity contribution in [1.29, 1.82) is 0 Å². The topological polar surface area (TPSA) is 63.4 Å².